The monoisotopic (exact) mass is 782 g/mol. The summed E-state index contributed by atoms with van der Waals surface area (Å²) in [6.45, 7) is 4.27. The summed E-state index contributed by atoms with van der Waals surface area (Å²) in [4.78, 5) is 0.521. The molecule has 0 amide bonds. The van der Waals surface area contributed by atoms with Gasteiger partial charge in [-0.2, -0.15) is 0 Å². The van der Waals surface area contributed by atoms with Gasteiger partial charge in [0.25, 0.3) is 0 Å². The fraction of sp³-hybridized carbons (Fsp3) is 0.350. The summed E-state index contributed by atoms with van der Waals surface area (Å²) in [7, 11) is -7.22. The number of hydrogen-bond donors (Lipinski definition) is 4. The van der Waals surface area contributed by atoms with Gasteiger partial charge in [-0.05, 0) is 74.2 Å². The zero-order valence-corrected chi connectivity index (χ0v) is 32.5. The number of fused-ring (bicyclic) bond motifs is 2. The summed E-state index contributed by atoms with van der Waals surface area (Å²) < 4.78 is 57.1. The van der Waals surface area contributed by atoms with Gasteiger partial charge < -0.3 is 10.6 Å². The minimum Gasteiger partial charge on any atom is -0.313 e. The largest absolute Gasteiger partial charge is 0.313 e. The average molecular weight is 784 g/mol. The van der Waals surface area contributed by atoms with Gasteiger partial charge in [-0.15, -0.1) is 0 Å². The van der Waals surface area contributed by atoms with Crippen LogP contribution in [0.5, 0.6) is 0 Å². The predicted molar refractivity (Wildman–Crippen MR) is 215 cm³/mol. The van der Waals surface area contributed by atoms with Crippen molar-refractivity contribution in [2.24, 2.45) is 0 Å². The molecule has 0 aliphatic heterocycles. The van der Waals surface area contributed by atoms with Gasteiger partial charge in [-0.3, -0.25) is 0 Å². The Kier molecular flexibility index (Phi) is 15.3. The Labute approximate surface area is 318 Å². The molecular formula is C40H48Cl2N4O4S2. The lowest BCUT2D eigenvalue weighted by atomic mass is 10.1. The fourth-order valence-electron chi connectivity index (χ4n) is 6.22. The van der Waals surface area contributed by atoms with Gasteiger partial charge in [0.1, 0.15) is 0 Å². The summed E-state index contributed by atoms with van der Waals surface area (Å²) >= 11 is 12.5. The highest BCUT2D eigenvalue weighted by Crippen LogP contribution is 2.29. The molecule has 0 heterocycles. The number of halogens is 2. The molecule has 8 nitrogen and oxygen atoms in total. The molecule has 52 heavy (non-hydrogen) atoms. The zero-order chi connectivity index (χ0) is 36.8. The quantitative estimate of drug-likeness (QED) is 0.0523. The maximum Gasteiger partial charge on any atom is 0.241 e. The first-order valence-corrected chi connectivity index (χ1v) is 21.7. The maximum atomic E-state index is 12.9. The van der Waals surface area contributed by atoms with Crippen LogP contribution in [0.15, 0.2) is 107 Å². The Morgan fingerprint density at radius 3 is 1.15 bits per heavy atom. The molecule has 0 aliphatic rings. The summed E-state index contributed by atoms with van der Waals surface area (Å²) in [5.74, 6) is 0. The maximum absolute atomic E-state index is 12.9. The highest BCUT2D eigenvalue weighted by Gasteiger charge is 2.18. The number of sulfonamides is 2. The van der Waals surface area contributed by atoms with Crippen molar-refractivity contribution >= 4 is 64.8 Å². The summed E-state index contributed by atoms with van der Waals surface area (Å²) in [5, 5.41) is 10.8. The van der Waals surface area contributed by atoms with Gasteiger partial charge in [-0.1, -0.05) is 122 Å². The molecule has 12 heteroatoms. The molecule has 5 rings (SSSR count). The molecular weight excluding hydrogens is 736 g/mol. The molecule has 0 aliphatic carbocycles. The van der Waals surface area contributed by atoms with E-state index >= 15 is 0 Å². The van der Waals surface area contributed by atoms with Crippen LogP contribution in [0.25, 0.3) is 21.5 Å². The van der Waals surface area contributed by atoms with Crippen LogP contribution < -0.4 is 20.1 Å². The van der Waals surface area contributed by atoms with Gasteiger partial charge in [0.15, 0.2) is 0 Å². The lowest BCUT2D eigenvalue weighted by molar-refractivity contribution is 0.562. The highest BCUT2D eigenvalue weighted by atomic mass is 35.5. The van der Waals surface area contributed by atoms with Crippen molar-refractivity contribution in [3.05, 3.63) is 118 Å². The van der Waals surface area contributed by atoms with Crippen molar-refractivity contribution in [1.29, 1.82) is 0 Å². The van der Waals surface area contributed by atoms with Gasteiger partial charge in [0.05, 0.1) is 9.79 Å². The Hall–Kier alpha value is -3.06. The molecule has 4 N–H and O–H groups in total. The van der Waals surface area contributed by atoms with E-state index < -0.39 is 20.0 Å². The topological polar surface area (TPSA) is 116 Å². The first kappa shape index (κ1) is 40.1. The number of rotatable bonds is 22. The van der Waals surface area contributed by atoms with E-state index in [1.54, 1.807) is 60.7 Å². The molecule has 0 atom stereocenters. The SMILES string of the molecule is O=S(=O)(NCCCCCCNCc1ccc(CNCCCCCCNS(=O)(=O)c2cccc3c(Cl)cccc23)cc1)c1cccc2c(Cl)cccc12. The summed E-state index contributed by atoms with van der Waals surface area (Å²) in [5.41, 5.74) is 2.49. The van der Waals surface area contributed by atoms with E-state index in [0.717, 1.165) is 88.3 Å². The standard InChI is InChI=1S/C40H48Cl2N4O4S2/c41-37-17-9-15-35-33(37)13-11-19-39(35)51(47,48)45-27-7-3-1-5-25-43-29-31-21-23-32(24-22-31)30-44-26-6-2-4-8-28-46-52(49,50)40-20-12-14-34-36(40)16-10-18-38(34)42/h9-24,43-46H,1-8,25-30H2. The third-order valence-corrected chi connectivity index (χ3v) is 12.8. The second-order valence-corrected chi connectivity index (χ2v) is 17.3. The van der Waals surface area contributed by atoms with Crippen molar-refractivity contribution < 1.29 is 16.8 Å². The van der Waals surface area contributed by atoms with Crippen LogP contribution in [-0.4, -0.2) is 43.0 Å². The molecule has 278 valence electrons. The van der Waals surface area contributed by atoms with E-state index in [0.29, 0.717) is 33.9 Å². The van der Waals surface area contributed by atoms with Crippen LogP contribution in [0, 0.1) is 0 Å². The van der Waals surface area contributed by atoms with Gasteiger partial charge in [0, 0.05) is 57.8 Å². The predicted octanol–water partition coefficient (Wildman–Crippen LogP) is 8.56. The van der Waals surface area contributed by atoms with Gasteiger partial charge in [-0.25, -0.2) is 26.3 Å². The Morgan fingerprint density at radius 1 is 0.404 bits per heavy atom. The van der Waals surface area contributed by atoms with E-state index in [9.17, 15) is 16.8 Å². The van der Waals surface area contributed by atoms with Gasteiger partial charge in [0.2, 0.25) is 20.0 Å². The van der Waals surface area contributed by atoms with Crippen molar-refractivity contribution in [1.82, 2.24) is 20.1 Å². The highest BCUT2D eigenvalue weighted by molar-refractivity contribution is 7.90. The number of unbranched alkanes of at least 4 members (excludes halogenated alkanes) is 6. The molecule has 5 aromatic carbocycles. The Morgan fingerprint density at radius 2 is 0.750 bits per heavy atom. The van der Waals surface area contributed by atoms with Crippen LogP contribution in [0.2, 0.25) is 10.0 Å². The normalized spacial score (nSPS) is 12.2. The molecule has 0 saturated heterocycles. The molecule has 0 spiro atoms. The fourth-order valence-corrected chi connectivity index (χ4v) is 9.28. The smallest absolute Gasteiger partial charge is 0.241 e. The second kappa shape index (κ2) is 19.9. The number of nitrogens with one attached hydrogen (secondary N) is 4. The van der Waals surface area contributed by atoms with E-state index in [1.807, 2.05) is 12.1 Å². The van der Waals surface area contributed by atoms with Crippen molar-refractivity contribution in [2.75, 3.05) is 26.2 Å². The molecule has 0 fully saturated rings. The Bertz CT molecular complexity index is 1980. The van der Waals surface area contributed by atoms with Gasteiger partial charge >= 0.3 is 0 Å². The van der Waals surface area contributed by atoms with Crippen LogP contribution in [0.3, 0.4) is 0 Å². The Balaban J connectivity index is 0.864. The molecule has 0 aromatic heterocycles. The molecule has 0 saturated carbocycles. The molecule has 5 aromatic rings. The zero-order valence-electron chi connectivity index (χ0n) is 29.3. The third-order valence-electron chi connectivity index (χ3n) is 9.06. The number of hydrogen-bond acceptors (Lipinski definition) is 6. The first-order valence-electron chi connectivity index (χ1n) is 18.0. The molecule has 0 radical (unpaired) electrons. The van der Waals surface area contributed by atoms with Crippen LogP contribution in [0.4, 0.5) is 0 Å². The summed E-state index contributed by atoms with van der Waals surface area (Å²) in [6, 6.07) is 29.6. The van der Waals surface area contributed by atoms with E-state index in [1.165, 1.54) is 11.1 Å². The van der Waals surface area contributed by atoms with Crippen LogP contribution >= 0.6 is 23.2 Å². The van der Waals surface area contributed by atoms with Crippen LogP contribution in [0.1, 0.15) is 62.5 Å². The lowest BCUT2D eigenvalue weighted by Crippen LogP contribution is -2.25. The molecule has 0 unspecified atom stereocenters. The van der Waals surface area contributed by atoms with E-state index in [2.05, 4.69) is 44.3 Å². The number of benzene rings is 5. The minimum atomic E-state index is -3.61. The van der Waals surface area contributed by atoms with E-state index in [4.69, 9.17) is 23.2 Å². The minimum absolute atomic E-state index is 0.261. The molecule has 0 bridgehead atoms. The van der Waals surface area contributed by atoms with Crippen molar-refractivity contribution in [2.45, 2.75) is 74.2 Å². The average Bonchev–Trinajstić information content (AvgIpc) is 3.14. The second-order valence-electron chi connectivity index (χ2n) is 13.0. The van der Waals surface area contributed by atoms with E-state index in [-0.39, 0.29) is 9.79 Å². The first-order chi connectivity index (χ1) is 25.2. The van der Waals surface area contributed by atoms with Crippen molar-refractivity contribution in [3.8, 4) is 0 Å². The van der Waals surface area contributed by atoms with Crippen molar-refractivity contribution in [3.63, 3.8) is 0 Å². The summed E-state index contributed by atoms with van der Waals surface area (Å²) in [6.07, 6.45) is 7.62. The van der Waals surface area contributed by atoms with Crippen LogP contribution in [-0.2, 0) is 33.1 Å². The third kappa shape index (κ3) is 11.5. The lowest BCUT2D eigenvalue weighted by Gasteiger charge is -2.10.